The Morgan fingerprint density at radius 1 is 1.63 bits per heavy atom. The van der Waals surface area contributed by atoms with Crippen LogP contribution >= 0.6 is 11.3 Å². The molecule has 5 nitrogen and oxygen atoms in total. The second-order valence-electron chi connectivity index (χ2n) is 4.37. The Morgan fingerprint density at radius 2 is 2.47 bits per heavy atom. The smallest absolute Gasteiger partial charge is 0.361 e. The number of rotatable bonds is 5. The predicted octanol–water partition coefficient (Wildman–Crippen LogP) is 2.07. The Balaban J connectivity index is 2.04. The number of carbonyl (C=O) groups excluding carboxylic acids is 1. The highest BCUT2D eigenvalue weighted by Crippen LogP contribution is 2.24. The second-order valence-corrected chi connectivity index (χ2v) is 5.54. The van der Waals surface area contributed by atoms with Gasteiger partial charge in [-0.15, -0.1) is 11.3 Å². The van der Waals surface area contributed by atoms with E-state index in [4.69, 9.17) is 14.7 Å². The summed E-state index contributed by atoms with van der Waals surface area (Å²) in [5.74, 6) is -0.0498. The van der Waals surface area contributed by atoms with Crippen molar-refractivity contribution < 1.29 is 19.5 Å². The van der Waals surface area contributed by atoms with E-state index in [1.807, 2.05) is 6.07 Å². The summed E-state index contributed by atoms with van der Waals surface area (Å²) in [7, 11) is 0. The van der Waals surface area contributed by atoms with Crippen LogP contribution in [0.2, 0.25) is 0 Å². The average Bonchev–Trinajstić information content (AvgIpc) is 3.03. The minimum absolute atomic E-state index is 0.0271. The zero-order valence-corrected chi connectivity index (χ0v) is 11.6. The van der Waals surface area contributed by atoms with Crippen LogP contribution in [0.4, 0.5) is 0 Å². The molecule has 1 aliphatic heterocycles. The van der Waals surface area contributed by atoms with E-state index in [1.165, 1.54) is 11.3 Å². The highest BCUT2D eigenvalue weighted by Gasteiger charge is 2.21. The Bertz CT molecular complexity index is 463. The van der Waals surface area contributed by atoms with Crippen molar-refractivity contribution in [1.82, 2.24) is 0 Å². The summed E-state index contributed by atoms with van der Waals surface area (Å²) in [4.78, 5) is 13.4. The summed E-state index contributed by atoms with van der Waals surface area (Å²) in [5.41, 5.74) is -0.0271. The molecule has 0 saturated carbocycles. The third-order valence-electron chi connectivity index (χ3n) is 2.98. The minimum atomic E-state index is -0.595. The number of esters is 1. The van der Waals surface area contributed by atoms with Gasteiger partial charge in [-0.1, -0.05) is 5.16 Å². The normalized spacial score (nSPS) is 19.6. The maximum atomic E-state index is 11.6. The van der Waals surface area contributed by atoms with Gasteiger partial charge in [-0.3, -0.25) is 0 Å². The topological polar surface area (TPSA) is 68.1 Å². The van der Waals surface area contributed by atoms with Gasteiger partial charge in [0, 0.05) is 18.1 Å². The Labute approximate surface area is 115 Å². The summed E-state index contributed by atoms with van der Waals surface area (Å²) < 4.78 is 10.2. The van der Waals surface area contributed by atoms with Crippen molar-refractivity contribution >= 4 is 23.0 Å². The monoisotopic (exact) mass is 283 g/mol. The molecular weight excluding hydrogens is 266 g/mol. The van der Waals surface area contributed by atoms with Crippen LogP contribution in [0, 0.1) is 5.92 Å². The van der Waals surface area contributed by atoms with E-state index in [0.717, 1.165) is 30.9 Å². The first kappa shape index (κ1) is 14.0. The highest BCUT2D eigenvalue weighted by atomic mass is 32.1. The van der Waals surface area contributed by atoms with Crippen molar-refractivity contribution in [2.24, 2.45) is 11.1 Å². The van der Waals surface area contributed by atoms with Crippen molar-refractivity contribution in [3.8, 4) is 0 Å². The maximum Gasteiger partial charge on any atom is 0.361 e. The maximum absolute atomic E-state index is 11.6. The lowest BCUT2D eigenvalue weighted by molar-refractivity contribution is -0.135. The van der Waals surface area contributed by atoms with Crippen LogP contribution in [0.15, 0.2) is 17.3 Å². The Kier molecular flexibility index (Phi) is 4.93. The number of hydrogen-bond acceptors (Lipinski definition) is 6. The molecule has 6 heteroatoms. The molecule has 1 aliphatic rings. The van der Waals surface area contributed by atoms with E-state index < -0.39 is 5.97 Å². The van der Waals surface area contributed by atoms with Gasteiger partial charge in [0.1, 0.15) is 0 Å². The van der Waals surface area contributed by atoms with Crippen molar-refractivity contribution in [3.05, 3.63) is 21.9 Å². The van der Waals surface area contributed by atoms with Gasteiger partial charge in [0.2, 0.25) is 5.71 Å². The molecule has 1 atom stereocenters. The fourth-order valence-electron chi connectivity index (χ4n) is 2.03. The molecule has 104 valence electrons. The molecule has 1 aromatic heterocycles. The number of carbonyl (C=O) groups is 1. The molecular formula is C13H17NO4S. The van der Waals surface area contributed by atoms with Crippen LogP contribution in [0.3, 0.4) is 0 Å². The molecule has 0 radical (unpaired) electrons. The first-order chi connectivity index (χ1) is 9.24. The van der Waals surface area contributed by atoms with Gasteiger partial charge >= 0.3 is 5.97 Å². The number of oxime groups is 1. The number of hydrogen-bond donors (Lipinski definition) is 1. The van der Waals surface area contributed by atoms with E-state index in [9.17, 15) is 4.79 Å². The molecule has 0 aliphatic carbocycles. The number of thiophene rings is 1. The fraction of sp³-hybridized carbons (Fsp3) is 0.538. The lowest BCUT2D eigenvalue weighted by Crippen LogP contribution is -2.17. The third kappa shape index (κ3) is 3.54. The molecule has 0 bridgehead atoms. The zero-order chi connectivity index (χ0) is 13.7. The van der Waals surface area contributed by atoms with E-state index in [2.05, 4.69) is 5.16 Å². The molecule has 0 aromatic carbocycles. The Morgan fingerprint density at radius 3 is 3.11 bits per heavy atom. The number of nitrogens with zero attached hydrogens (tertiary/aromatic N) is 1. The van der Waals surface area contributed by atoms with E-state index >= 15 is 0 Å². The average molecular weight is 283 g/mol. The molecule has 1 saturated heterocycles. The van der Waals surface area contributed by atoms with Crippen LogP contribution in [0.25, 0.3) is 0 Å². The fourth-order valence-corrected chi connectivity index (χ4v) is 3.13. The molecule has 1 unspecified atom stereocenters. The third-order valence-corrected chi connectivity index (χ3v) is 4.09. The SMILES string of the molecule is CCOC(=O)C(=NO)c1ccc(CC2CCOC2)s1. The van der Waals surface area contributed by atoms with Gasteiger partial charge in [0.15, 0.2) is 0 Å². The summed E-state index contributed by atoms with van der Waals surface area (Å²) in [6.07, 6.45) is 2.01. The molecule has 1 fully saturated rings. The lowest BCUT2D eigenvalue weighted by Gasteiger charge is -2.04. The minimum Gasteiger partial charge on any atom is -0.461 e. The van der Waals surface area contributed by atoms with Gasteiger partial charge in [0.25, 0.3) is 0 Å². The van der Waals surface area contributed by atoms with Crippen molar-refractivity contribution in [1.29, 1.82) is 0 Å². The summed E-state index contributed by atoms with van der Waals surface area (Å²) in [5, 5.41) is 12.0. The summed E-state index contributed by atoms with van der Waals surface area (Å²) >= 11 is 1.46. The van der Waals surface area contributed by atoms with Crippen LogP contribution in [-0.2, 0) is 20.7 Å². The zero-order valence-electron chi connectivity index (χ0n) is 10.8. The van der Waals surface area contributed by atoms with E-state index in [0.29, 0.717) is 10.8 Å². The molecule has 1 N–H and O–H groups in total. The molecule has 1 aromatic rings. The van der Waals surface area contributed by atoms with E-state index in [-0.39, 0.29) is 12.3 Å². The van der Waals surface area contributed by atoms with Crippen LogP contribution in [0.1, 0.15) is 23.1 Å². The lowest BCUT2D eigenvalue weighted by atomic mass is 10.0. The first-order valence-electron chi connectivity index (χ1n) is 6.30. The quantitative estimate of drug-likeness (QED) is 0.389. The second kappa shape index (κ2) is 6.68. The van der Waals surface area contributed by atoms with Crippen LogP contribution in [0.5, 0.6) is 0 Å². The van der Waals surface area contributed by atoms with E-state index in [1.54, 1.807) is 13.0 Å². The van der Waals surface area contributed by atoms with Crippen LogP contribution < -0.4 is 0 Å². The van der Waals surface area contributed by atoms with Crippen molar-refractivity contribution in [3.63, 3.8) is 0 Å². The summed E-state index contributed by atoms with van der Waals surface area (Å²) in [6.45, 7) is 3.60. The molecule has 2 heterocycles. The predicted molar refractivity (Wildman–Crippen MR) is 71.9 cm³/mol. The van der Waals surface area contributed by atoms with Crippen molar-refractivity contribution in [2.45, 2.75) is 19.8 Å². The van der Waals surface area contributed by atoms with Gasteiger partial charge in [0.05, 0.1) is 11.5 Å². The molecule has 0 amide bonds. The summed E-state index contributed by atoms with van der Waals surface area (Å²) in [6, 6.07) is 3.75. The van der Waals surface area contributed by atoms with Crippen LogP contribution in [-0.4, -0.2) is 36.7 Å². The highest BCUT2D eigenvalue weighted by molar-refractivity contribution is 7.15. The Hall–Kier alpha value is -1.40. The molecule has 2 rings (SSSR count). The first-order valence-corrected chi connectivity index (χ1v) is 7.12. The van der Waals surface area contributed by atoms with Gasteiger partial charge in [-0.2, -0.15) is 0 Å². The van der Waals surface area contributed by atoms with Crippen molar-refractivity contribution in [2.75, 3.05) is 19.8 Å². The number of ether oxygens (including phenoxy) is 2. The van der Waals surface area contributed by atoms with Gasteiger partial charge in [-0.05, 0) is 37.8 Å². The molecule has 19 heavy (non-hydrogen) atoms. The largest absolute Gasteiger partial charge is 0.461 e. The van der Waals surface area contributed by atoms with Gasteiger partial charge in [-0.25, -0.2) is 4.79 Å². The molecule has 0 spiro atoms. The standard InChI is InChI=1S/C13H17NO4S/c1-2-18-13(15)12(14-16)11-4-3-10(19-11)7-9-5-6-17-8-9/h3-4,9,16H,2,5-8H2,1H3. The van der Waals surface area contributed by atoms with Gasteiger partial charge < -0.3 is 14.7 Å².